The average molecular weight is 484 g/mol. The van der Waals surface area contributed by atoms with Crippen LogP contribution in [0.15, 0.2) is 0 Å². The lowest BCUT2D eigenvalue weighted by atomic mass is 10.1. The van der Waals surface area contributed by atoms with Gasteiger partial charge in [-0.2, -0.15) is 0 Å². The van der Waals surface area contributed by atoms with Crippen molar-refractivity contribution in [3.8, 4) is 0 Å². The van der Waals surface area contributed by atoms with Crippen molar-refractivity contribution in [3.05, 3.63) is 0 Å². The molecule has 0 saturated carbocycles. The molecule has 190 valence electrons. The maximum absolute atomic E-state index is 11.8. The maximum Gasteiger partial charge on any atom is 0.472 e. The van der Waals surface area contributed by atoms with E-state index in [1.54, 1.807) is 0 Å². The largest absolute Gasteiger partial charge is 0.480 e. The molecular weight excluding hydrogens is 441 g/mol. The quantitative estimate of drug-likeness (QED) is 0.108. The molecule has 0 aromatic rings. The number of hydrogen-bond acceptors (Lipinski definition) is 8. The number of phosphoric acid groups is 1. The first-order valence-corrected chi connectivity index (χ1v) is 13.1. The van der Waals surface area contributed by atoms with E-state index in [2.05, 4.69) is 16.0 Å². The Morgan fingerprint density at radius 1 is 0.938 bits per heavy atom. The van der Waals surface area contributed by atoms with Crippen LogP contribution in [0, 0.1) is 0 Å². The highest BCUT2D eigenvalue weighted by atomic mass is 31.2. The van der Waals surface area contributed by atoms with Crippen molar-refractivity contribution < 1.29 is 43.0 Å². The molecule has 0 aliphatic heterocycles. The molecule has 0 bridgehead atoms. The number of carbonyl (C=O) groups is 2. The Bertz CT molecular complexity index is 561. The van der Waals surface area contributed by atoms with Crippen molar-refractivity contribution in [2.45, 2.75) is 109 Å². The van der Waals surface area contributed by atoms with E-state index in [0.29, 0.717) is 6.42 Å². The lowest BCUT2D eigenvalue weighted by molar-refractivity contribution is -0.147. The number of aliphatic carboxylic acids is 1. The van der Waals surface area contributed by atoms with Crippen molar-refractivity contribution in [1.82, 2.24) is 0 Å². The summed E-state index contributed by atoms with van der Waals surface area (Å²) in [6.45, 7) is 2.40. The van der Waals surface area contributed by atoms with Gasteiger partial charge in [-0.05, 0) is 13.3 Å². The molecule has 0 amide bonds. The van der Waals surface area contributed by atoms with Crippen molar-refractivity contribution in [2.24, 2.45) is 5.73 Å². The predicted octanol–water partition coefficient (Wildman–Crippen LogP) is 3.53. The number of carboxylic acids is 1. The van der Waals surface area contributed by atoms with Gasteiger partial charge >= 0.3 is 19.8 Å². The Morgan fingerprint density at radius 2 is 1.44 bits per heavy atom. The van der Waals surface area contributed by atoms with Gasteiger partial charge in [0, 0.05) is 6.42 Å². The number of hydrogen-bond donors (Lipinski definition) is 4. The van der Waals surface area contributed by atoms with E-state index in [1.165, 1.54) is 51.9 Å². The number of carboxylic acid groups (broad SMARTS) is 1. The third-order valence-corrected chi connectivity index (χ3v) is 6.02. The van der Waals surface area contributed by atoms with E-state index < -0.39 is 44.6 Å². The molecule has 0 fully saturated rings. The summed E-state index contributed by atoms with van der Waals surface area (Å²) in [6.07, 6.45) is 10.5. The number of ether oxygens (including phenoxy) is 1. The standard InChI is InChI=1S/C21H42NO9P/c1-3-4-5-6-7-8-9-10-11-12-13-14-19(24)29-15-18(23)16-30-32(27,28)31-17(2)20(22)21(25)26/h17-18,20,23H,3-16,22H2,1-2H3,(H,25,26)(H,27,28)/t17-,18+,20-/m0/s1. The molecule has 0 aliphatic rings. The molecule has 4 atom stereocenters. The number of phosphoric ester groups is 1. The third kappa shape index (κ3) is 17.5. The predicted molar refractivity (Wildman–Crippen MR) is 120 cm³/mol. The Kier molecular flexibility index (Phi) is 17.8. The second kappa shape index (κ2) is 18.4. The molecule has 11 heteroatoms. The molecular formula is C21H42NO9P. The Labute approximate surface area is 191 Å². The molecule has 0 spiro atoms. The van der Waals surface area contributed by atoms with Crippen LogP contribution in [-0.2, 0) is 27.9 Å². The van der Waals surface area contributed by atoms with Gasteiger partial charge < -0.3 is 25.6 Å². The van der Waals surface area contributed by atoms with Gasteiger partial charge in [0.15, 0.2) is 0 Å². The van der Waals surface area contributed by atoms with Crippen LogP contribution >= 0.6 is 7.82 Å². The second-order valence-corrected chi connectivity index (χ2v) is 9.47. The first-order chi connectivity index (χ1) is 15.1. The van der Waals surface area contributed by atoms with E-state index in [0.717, 1.165) is 19.3 Å². The van der Waals surface area contributed by atoms with E-state index in [-0.39, 0.29) is 13.0 Å². The summed E-state index contributed by atoms with van der Waals surface area (Å²) in [5, 5.41) is 18.5. The summed E-state index contributed by atoms with van der Waals surface area (Å²) in [5.74, 6) is -1.85. The lowest BCUT2D eigenvalue weighted by Gasteiger charge is -2.21. The van der Waals surface area contributed by atoms with Crippen molar-refractivity contribution >= 4 is 19.8 Å². The first-order valence-electron chi connectivity index (χ1n) is 11.6. The van der Waals surface area contributed by atoms with Crippen LogP contribution in [0.2, 0.25) is 0 Å². The van der Waals surface area contributed by atoms with E-state index >= 15 is 0 Å². The molecule has 0 aromatic heterocycles. The maximum atomic E-state index is 11.8. The number of rotatable bonds is 21. The molecule has 0 heterocycles. The molecule has 0 rings (SSSR count). The zero-order valence-corrected chi connectivity index (χ0v) is 20.3. The molecule has 10 nitrogen and oxygen atoms in total. The number of aliphatic hydroxyl groups excluding tert-OH is 1. The number of nitrogens with two attached hydrogens (primary N) is 1. The number of unbranched alkanes of at least 4 members (excludes halogenated alkanes) is 10. The first kappa shape index (κ1) is 31.0. The summed E-state index contributed by atoms with van der Waals surface area (Å²) in [7, 11) is -4.63. The number of carbonyl (C=O) groups excluding carboxylic acids is 1. The topological polar surface area (TPSA) is 166 Å². The van der Waals surface area contributed by atoms with Crippen molar-refractivity contribution in [2.75, 3.05) is 13.2 Å². The normalized spacial score (nSPS) is 16.2. The highest BCUT2D eigenvalue weighted by Gasteiger charge is 2.31. The van der Waals surface area contributed by atoms with Gasteiger partial charge in [-0.3, -0.25) is 18.6 Å². The molecule has 0 aliphatic carbocycles. The van der Waals surface area contributed by atoms with Crippen LogP contribution in [-0.4, -0.2) is 58.5 Å². The van der Waals surface area contributed by atoms with Gasteiger partial charge in [0.25, 0.3) is 0 Å². The van der Waals surface area contributed by atoms with Crippen LogP contribution < -0.4 is 5.73 Å². The van der Waals surface area contributed by atoms with Gasteiger partial charge in [0.2, 0.25) is 0 Å². The summed E-state index contributed by atoms with van der Waals surface area (Å²) in [6, 6.07) is -1.51. The molecule has 1 unspecified atom stereocenters. The fraction of sp³-hybridized carbons (Fsp3) is 0.905. The smallest absolute Gasteiger partial charge is 0.472 e. The highest BCUT2D eigenvalue weighted by molar-refractivity contribution is 7.47. The highest BCUT2D eigenvalue weighted by Crippen LogP contribution is 2.44. The van der Waals surface area contributed by atoms with E-state index in [1.807, 2.05) is 0 Å². The fourth-order valence-electron chi connectivity index (χ4n) is 2.93. The van der Waals surface area contributed by atoms with Crippen LogP contribution in [0.5, 0.6) is 0 Å². The Hall–Kier alpha value is -1.03. The van der Waals surface area contributed by atoms with Crippen molar-refractivity contribution in [1.29, 1.82) is 0 Å². The second-order valence-electron chi connectivity index (χ2n) is 8.06. The molecule has 0 radical (unpaired) electrons. The van der Waals surface area contributed by atoms with Crippen LogP contribution in [0.4, 0.5) is 0 Å². The minimum absolute atomic E-state index is 0.247. The van der Waals surface area contributed by atoms with Gasteiger partial charge in [0.1, 0.15) is 18.8 Å². The minimum atomic E-state index is -4.63. The van der Waals surface area contributed by atoms with Gasteiger partial charge in [-0.25, -0.2) is 4.57 Å². The Balaban J connectivity index is 3.76. The minimum Gasteiger partial charge on any atom is -0.480 e. The van der Waals surface area contributed by atoms with Crippen LogP contribution in [0.3, 0.4) is 0 Å². The summed E-state index contributed by atoms with van der Waals surface area (Å²) in [5.41, 5.74) is 5.29. The molecule has 0 aromatic carbocycles. The molecule has 0 saturated heterocycles. The number of esters is 1. The summed E-state index contributed by atoms with van der Waals surface area (Å²) >= 11 is 0. The molecule has 5 N–H and O–H groups in total. The van der Waals surface area contributed by atoms with Gasteiger partial charge in [0.05, 0.1) is 12.7 Å². The van der Waals surface area contributed by atoms with Gasteiger partial charge in [-0.1, -0.05) is 71.1 Å². The van der Waals surface area contributed by atoms with E-state index in [9.17, 15) is 24.2 Å². The fourth-order valence-corrected chi connectivity index (χ4v) is 3.90. The zero-order valence-electron chi connectivity index (χ0n) is 19.4. The van der Waals surface area contributed by atoms with Gasteiger partial charge in [-0.15, -0.1) is 0 Å². The average Bonchev–Trinajstić information content (AvgIpc) is 2.73. The van der Waals surface area contributed by atoms with Crippen molar-refractivity contribution in [3.63, 3.8) is 0 Å². The SMILES string of the molecule is CCCCCCCCCCCCCC(=O)OC[C@@H](O)COP(=O)(O)O[C@@H](C)[C@H](N)C(=O)O. The third-order valence-electron chi connectivity index (χ3n) is 4.94. The lowest BCUT2D eigenvalue weighted by Crippen LogP contribution is -2.41. The van der Waals surface area contributed by atoms with E-state index in [4.69, 9.17) is 15.6 Å². The van der Waals surface area contributed by atoms with Crippen LogP contribution in [0.1, 0.15) is 90.9 Å². The monoisotopic (exact) mass is 483 g/mol. The zero-order chi connectivity index (χ0) is 24.4. The number of aliphatic hydroxyl groups is 1. The summed E-state index contributed by atoms with van der Waals surface area (Å²) < 4.78 is 25.9. The van der Waals surface area contributed by atoms with Crippen LogP contribution in [0.25, 0.3) is 0 Å². The summed E-state index contributed by atoms with van der Waals surface area (Å²) in [4.78, 5) is 32.0. The molecule has 32 heavy (non-hydrogen) atoms. The Morgan fingerprint density at radius 3 is 1.94 bits per heavy atom.